The standard InChI is InChI=1S/C15H24F10N2O.C13H19F10NO.C7H6F10O2.2C2H4/c1-5-7-27(8-6-2)10-12(18,19)14(22,23)28-15(24,25)13(20,21)11(16,17)9-26(3)4;1-4-6-24(7-5-2)8-10(16,17)12(20,21)25-13(22,23)11(18,19)9(3,14)15;1-3(8,9)5(12,13)7(16,17)19-6(14,15)4(10,11)2-18;2*1-2/h5-10H2,1-4H3;4-8H2,1-3H3;18H,2H2,1H3;2*1-2H2. The molecular formula is C39H57F30N3O4. The molecule has 0 saturated heterocycles. The van der Waals surface area contributed by atoms with Gasteiger partial charge >= 0.3 is 90.0 Å². The Labute approximate surface area is 416 Å². The van der Waals surface area contributed by atoms with Gasteiger partial charge in [-0.1, -0.05) is 27.7 Å². The largest absolute Gasteiger partial charge is 0.430 e. The van der Waals surface area contributed by atoms with E-state index < -0.39 is 130 Å². The van der Waals surface area contributed by atoms with Gasteiger partial charge in [0.05, 0.1) is 19.6 Å². The van der Waals surface area contributed by atoms with Crippen molar-refractivity contribution in [3.63, 3.8) is 0 Å². The van der Waals surface area contributed by atoms with Crippen molar-refractivity contribution in [2.24, 2.45) is 0 Å². The van der Waals surface area contributed by atoms with E-state index in [2.05, 4.69) is 35.8 Å². The number of aliphatic hydroxyl groups is 1. The molecule has 0 aromatic carbocycles. The van der Waals surface area contributed by atoms with Crippen molar-refractivity contribution in [1.29, 1.82) is 0 Å². The van der Waals surface area contributed by atoms with E-state index in [0.29, 0.717) is 4.90 Å². The van der Waals surface area contributed by atoms with E-state index in [1.54, 1.807) is 0 Å². The van der Waals surface area contributed by atoms with Crippen LogP contribution in [0.4, 0.5) is 132 Å². The summed E-state index contributed by atoms with van der Waals surface area (Å²) in [6.45, 7) is 8.08. The van der Waals surface area contributed by atoms with Crippen LogP contribution in [-0.4, -0.2) is 176 Å². The van der Waals surface area contributed by atoms with Gasteiger partial charge in [0.1, 0.15) is 6.61 Å². The van der Waals surface area contributed by atoms with Crippen LogP contribution in [0.25, 0.3) is 0 Å². The Morgan fingerprint density at radius 2 is 0.539 bits per heavy atom. The zero-order chi connectivity index (χ0) is 62.8. The van der Waals surface area contributed by atoms with Gasteiger partial charge in [0.25, 0.3) is 0 Å². The molecule has 0 rings (SSSR count). The molecule has 0 amide bonds. The first-order chi connectivity index (χ1) is 33.3. The Morgan fingerprint density at radius 3 is 0.724 bits per heavy atom. The van der Waals surface area contributed by atoms with Crippen LogP contribution in [-0.2, 0) is 14.2 Å². The van der Waals surface area contributed by atoms with E-state index in [9.17, 15) is 132 Å². The van der Waals surface area contributed by atoms with Gasteiger partial charge < -0.3 is 10.0 Å². The maximum Gasteiger partial charge on any atom is 0.430 e. The molecule has 462 valence electrons. The summed E-state index contributed by atoms with van der Waals surface area (Å²) in [5, 5.41) is 7.80. The van der Waals surface area contributed by atoms with Crippen LogP contribution in [0.1, 0.15) is 67.2 Å². The van der Waals surface area contributed by atoms with Crippen molar-refractivity contribution in [2.75, 3.05) is 66.5 Å². The fourth-order valence-corrected chi connectivity index (χ4v) is 4.76. The summed E-state index contributed by atoms with van der Waals surface area (Å²) >= 11 is 0. The summed E-state index contributed by atoms with van der Waals surface area (Å²) < 4.78 is 397. The predicted octanol–water partition coefficient (Wildman–Crippen LogP) is 14.7. The lowest BCUT2D eigenvalue weighted by Gasteiger charge is -2.37. The van der Waals surface area contributed by atoms with E-state index in [1.165, 1.54) is 27.7 Å². The lowest BCUT2D eigenvalue weighted by atomic mass is 10.1. The number of aliphatic hydroxyl groups excluding tert-OH is 1. The second-order valence-electron chi connectivity index (χ2n) is 15.7. The smallest absolute Gasteiger partial charge is 0.390 e. The highest BCUT2D eigenvalue weighted by Gasteiger charge is 2.79. The Bertz CT molecular complexity index is 1610. The Hall–Kier alpha value is -2.90. The zero-order valence-corrected chi connectivity index (χ0v) is 41.2. The van der Waals surface area contributed by atoms with Crippen LogP contribution in [0, 0.1) is 0 Å². The summed E-state index contributed by atoms with van der Waals surface area (Å²) in [7, 11) is 1.67. The molecule has 0 aromatic rings. The van der Waals surface area contributed by atoms with E-state index in [1.807, 2.05) is 4.74 Å². The van der Waals surface area contributed by atoms with Gasteiger partial charge in [-0.15, -0.1) is 26.3 Å². The number of hydrogen-bond acceptors (Lipinski definition) is 7. The molecule has 0 unspecified atom stereocenters. The molecule has 0 radical (unpaired) electrons. The average Bonchev–Trinajstić information content (AvgIpc) is 3.20. The molecule has 76 heavy (non-hydrogen) atoms. The van der Waals surface area contributed by atoms with Gasteiger partial charge in [-0.25, -0.2) is 14.2 Å². The van der Waals surface area contributed by atoms with Crippen molar-refractivity contribution in [1.82, 2.24) is 14.7 Å². The maximum atomic E-state index is 13.8. The monoisotopic (exact) mass is 1200 g/mol. The normalized spacial score (nSPS) is 14.6. The highest BCUT2D eigenvalue weighted by Crippen LogP contribution is 2.53. The van der Waals surface area contributed by atoms with Crippen molar-refractivity contribution < 1.29 is 151 Å². The maximum absolute atomic E-state index is 13.8. The SMILES string of the molecule is C=C.C=C.CC(F)(F)C(F)(F)C(F)(F)OC(F)(F)C(F)(F)CO.CCCN(CCC)CC(F)(F)C(F)(F)OC(F)(F)C(F)(F)C(C)(F)F.CCCN(CCC)CC(F)(F)C(F)(F)OC(F)(F)C(F)(F)C(F)(F)CN(C)C. The number of alkyl halides is 30. The number of rotatable bonds is 30. The van der Waals surface area contributed by atoms with Crippen LogP contribution < -0.4 is 0 Å². The van der Waals surface area contributed by atoms with Crippen LogP contribution in [0.5, 0.6) is 0 Å². The minimum absolute atomic E-state index is 0.0981. The zero-order valence-electron chi connectivity index (χ0n) is 41.2. The van der Waals surface area contributed by atoms with Gasteiger partial charge in [-0.2, -0.15) is 132 Å². The molecule has 7 nitrogen and oxygen atoms in total. The third-order valence-electron chi connectivity index (χ3n) is 8.42. The van der Waals surface area contributed by atoms with E-state index in [4.69, 9.17) is 5.11 Å². The molecule has 0 saturated carbocycles. The lowest BCUT2D eigenvalue weighted by molar-refractivity contribution is -0.486. The molecule has 0 heterocycles. The third kappa shape index (κ3) is 22.0. The van der Waals surface area contributed by atoms with Crippen molar-refractivity contribution >= 4 is 0 Å². The molecule has 1 N–H and O–H groups in total. The molecule has 0 aliphatic carbocycles. The van der Waals surface area contributed by atoms with Gasteiger partial charge in [0.2, 0.25) is 0 Å². The topological polar surface area (TPSA) is 57.6 Å². The lowest BCUT2D eigenvalue weighted by Crippen LogP contribution is -2.63. The summed E-state index contributed by atoms with van der Waals surface area (Å²) in [6, 6.07) is 0. The molecule has 37 heteroatoms. The second kappa shape index (κ2) is 29.5. The first kappa shape index (κ1) is 81.9. The number of halogens is 30. The molecule has 0 fully saturated rings. The van der Waals surface area contributed by atoms with Gasteiger partial charge in [-0.3, -0.25) is 9.80 Å². The highest BCUT2D eigenvalue weighted by molar-refractivity contribution is 4.96. The molecule has 0 spiro atoms. The highest BCUT2D eigenvalue weighted by atomic mass is 19.4. The first-order valence-electron chi connectivity index (χ1n) is 20.8. The summed E-state index contributed by atoms with van der Waals surface area (Å²) in [4.78, 5) is 1.99. The minimum Gasteiger partial charge on any atom is -0.390 e. The van der Waals surface area contributed by atoms with E-state index >= 15 is 0 Å². The number of ether oxygens (including phenoxy) is 3. The molecule has 0 aromatic heterocycles. The van der Waals surface area contributed by atoms with Crippen LogP contribution in [0.2, 0.25) is 0 Å². The summed E-state index contributed by atoms with van der Waals surface area (Å²) in [6.07, 6.45) is -37.2. The fourth-order valence-electron chi connectivity index (χ4n) is 4.76. The molecule has 0 aliphatic rings. The van der Waals surface area contributed by atoms with E-state index in [-0.39, 0.29) is 51.9 Å². The fraction of sp³-hybridized carbons (Fsp3) is 0.897. The molecule has 0 bridgehead atoms. The summed E-state index contributed by atoms with van der Waals surface area (Å²) in [5.74, 6) is -52.3. The number of hydrogen-bond donors (Lipinski definition) is 1. The molecule has 0 aliphatic heterocycles. The van der Waals surface area contributed by atoms with Crippen LogP contribution in [0.15, 0.2) is 26.3 Å². The third-order valence-corrected chi connectivity index (χ3v) is 8.42. The quantitative estimate of drug-likeness (QED) is 0.0568. The summed E-state index contributed by atoms with van der Waals surface area (Å²) in [5.41, 5.74) is 0. The van der Waals surface area contributed by atoms with Crippen molar-refractivity contribution in [2.45, 2.75) is 157 Å². The Morgan fingerprint density at radius 1 is 0.329 bits per heavy atom. The van der Waals surface area contributed by atoms with Crippen LogP contribution >= 0.6 is 0 Å². The van der Waals surface area contributed by atoms with Gasteiger partial charge in [0, 0.05) is 13.8 Å². The van der Waals surface area contributed by atoms with E-state index in [0.717, 1.165) is 23.9 Å². The molecular weight excluding hydrogens is 1140 g/mol. The van der Waals surface area contributed by atoms with Gasteiger partial charge in [0.15, 0.2) is 0 Å². The minimum atomic E-state index is -6.60. The van der Waals surface area contributed by atoms with Crippen molar-refractivity contribution in [3.8, 4) is 0 Å². The second-order valence-corrected chi connectivity index (χ2v) is 15.7. The Kier molecular flexibility index (Phi) is 31.8. The average molecular weight is 1200 g/mol. The first-order valence-corrected chi connectivity index (χ1v) is 20.8. The van der Waals surface area contributed by atoms with Gasteiger partial charge in [-0.05, 0) is 66.0 Å². The molecule has 0 atom stereocenters. The van der Waals surface area contributed by atoms with Crippen LogP contribution in [0.3, 0.4) is 0 Å². The number of nitrogens with zero attached hydrogens (tertiary/aromatic N) is 3. The predicted molar refractivity (Wildman–Crippen MR) is 211 cm³/mol. The van der Waals surface area contributed by atoms with Crippen molar-refractivity contribution in [3.05, 3.63) is 26.3 Å². The Balaban J connectivity index is -0.000000326.